The third kappa shape index (κ3) is 4.06. The Morgan fingerprint density at radius 1 is 1.13 bits per heavy atom. The number of nitriles is 1. The third-order valence-corrected chi connectivity index (χ3v) is 7.72. The van der Waals surface area contributed by atoms with Crippen LogP contribution in [-0.2, 0) is 16.1 Å². The second-order valence-electron chi connectivity index (χ2n) is 9.97. The number of aromatic nitrogens is 5. The molecule has 11 heteroatoms. The van der Waals surface area contributed by atoms with Crippen LogP contribution in [0.2, 0.25) is 0 Å². The molecule has 2 bridgehead atoms. The summed E-state index contributed by atoms with van der Waals surface area (Å²) in [5.41, 5.74) is 5.16. The Morgan fingerprint density at radius 3 is 2.67 bits per heavy atom. The molecule has 8 heterocycles. The molecule has 0 aromatic carbocycles. The van der Waals surface area contributed by atoms with E-state index in [0.717, 1.165) is 42.2 Å². The largest absolute Gasteiger partial charge is 0.481 e. The van der Waals surface area contributed by atoms with E-state index in [-0.39, 0.29) is 12.6 Å². The number of hydrogen-bond donors (Lipinski definition) is 0. The third-order valence-electron chi connectivity index (χ3n) is 7.72. The summed E-state index contributed by atoms with van der Waals surface area (Å²) in [6, 6.07) is 9.01. The van der Waals surface area contributed by atoms with E-state index in [2.05, 4.69) is 32.0 Å². The number of fused-ring (bicyclic) bond motifs is 3. The van der Waals surface area contributed by atoms with E-state index in [1.807, 2.05) is 18.3 Å². The van der Waals surface area contributed by atoms with Crippen molar-refractivity contribution in [3.8, 4) is 23.2 Å². The van der Waals surface area contributed by atoms with Crippen molar-refractivity contribution < 1.29 is 14.3 Å². The number of piperazine rings is 1. The zero-order valence-electron chi connectivity index (χ0n) is 21.2. The molecule has 4 aromatic rings. The van der Waals surface area contributed by atoms with Gasteiger partial charge in [0.2, 0.25) is 5.88 Å². The first-order valence-electron chi connectivity index (χ1n) is 12.7. The summed E-state index contributed by atoms with van der Waals surface area (Å²) in [5, 5.41) is 14.0. The number of pyridine rings is 2. The Morgan fingerprint density at radius 2 is 2.00 bits per heavy atom. The Hall–Kier alpha value is -4.82. The molecule has 0 aliphatic carbocycles. The molecule has 0 spiro atoms. The molecule has 0 N–H and O–H groups in total. The van der Waals surface area contributed by atoms with Gasteiger partial charge < -0.3 is 14.4 Å². The Bertz CT molecular complexity index is 1640. The highest BCUT2D eigenvalue weighted by molar-refractivity contribution is 5.97. The maximum Gasteiger partial charge on any atom is 0.331 e. The number of ether oxygens (including phenoxy) is 2. The number of carbonyl (C=O) groups is 1. The highest BCUT2D eigenvalue weighted by Gasteiger charge is 2.44. The number of nitrogens with zero attached hydrogens (tertiary/aromatic N) is 8. The maximum absolute atomic E-state index is 11.6. The molecule has 2 unspecified atom stereocenters. The zero-order chi connectivity index (χ0) is 26.5. The number of methoxy groups -OCH3 is 1. The fraction of sp³-hybridized carbons (Fsp3) is 0.286. The molecule has 194 valence electrons. The summed E-state index contributed by atoms with van der Waals surface area (Å²) >= 11 is 0. The van der Waals surface area contributed by atoms with Gasteiger partial charge in [-0.15, -0.1) is 0 Å². The SMILES string of the molecule is COc1ccc(CN2C3CC2CN(c2cnc(-c4cc(C5=CC(=O)OC5)cn5ncc(C#N)c45)cn2)C3)cn1. The number of cyclic esters (lactones) is 1. The molecular weight excluding hydrogens is 496 g/mol. The molecule has 4 aliphatic heterocycles. The van der Waals surface area contributed by atoms with Crippen LogP contribution in [0.25, 0.3) is 22.3 Å². The van der Waals surface area contributed by atoms with Crippen LogP contribution >= 0.6 is 0 Å². The summed E-state index contributed by atoms with van der Waals surface area (Å²) in [7, 11) is 1.62. The molecular formula is C28H24N8O3. The van der Waals surface area contributed by atoms with Gasteiger partial charge in [0.05, 0.1) is 42.5 Å². The van der Waals surface area contributed by atoms with E-state index in [1.54, 1.807) is 30.2 Å². The number of piperidine rings is 1. The van der Waals surface area contributed by atoms with E-state index < -0.39 is 0 Å². The second kappa shape index (κ2) is 9.18. The average molecular weight is 521 g/mol. The van der Waals surface area contributed by atoms with Crippen molar-refractivity contribution in [3.05, 3.63) is 71.9 Å². The highest BCUT2D eigenvalue weighted by Crippen LogP contribution is 2.36. The fourth-order valence-electron chi connectivity index (χ4n) is 5.71. The minimum Gasteiger partial charge on any atom is -0.481 e. The quantitative estimate of drug-likeness (QED) is 0.351. The lowest BCUT2D eigenvalue weighted by Crippen LogP contribution is -2.68. The molecule has 3 fully saturated rings. The summed E-state index contributed by atoms with van der Waals surface area (Å²) in [5.74, 6) is 1.09. The molecule has 2 atom stereocenters. The topological polar surface area (TPSA) is 122 Å². The lowest BCUT2D eigenvalue weighted by molar-refractivity contribution is -0.134. The summed E-state index contributed by atoms with van der Waals surface area (Å²) in [6.07, 6.45) is 11.4. The van der Waals surface area contributed by atoms with Crippen molar-refractivity contribution >= 4 is 22.9 Å². The van der Waals surface area contributed by atoms with Gasteiger partial charge >= 0.3 is 5.97 Å². The van der Waals surface area contributed by atoms with Crippen LogP contribution in [0.15, 0.2) is 55.3 Å². The van der Waals surface area contributed by atoms with Gasteiger partial charge in [-0.05, 0) is 18.1 Å². The maximum atomic E-state index is 11.6. The minimum absolute atomic E-state index is 0.198. The summed E-state index contributed by atoms with van der Waals surface area (Å²) < 4.78 is 11.9. The monoisotopic (exact) mass is 520 g/mol. The molecule has 39 heavy (non-hydrogen) atoms. The molecule has 4 aliphatic rings. The van der Waals surface area contributed by atoms with Crippen LogP contribution < -0.4 is 9.64 Å². The van der Waals surface area contributed by atoms with Gasteiger partial charge in [0, 0.05) is 73.0 Å². The van der Waals surface area contributed by atoms with E-state index in [1.165, 1.54) is 24.3 Å². The highest BCUT2D eigenvalue weighted by atomic mass is 16.5. The first-order valence-corrected chi connectivity index (χ1v) is 12.7. The van der Waals surface area contributed by atoms with E-state index in [4.69, 9.17) is 19.4 Å². The van der Waals surface area contributed by atoms with Crippen LogP contribution in [0, 0.1) is 11.3 Å². The van der Waals surface area contributed by atoms with Crippen LogP contribution in [0.4, 0.5) is 5.82 Å². The van der Waals surface area contributed by atoms with Crippen molar-refractivity contribution in [3.63, 3.8) is 0 Å². The van der Waals surface area contributed by atoms with Crippen molar-refractivity contribution in [2.45, 2.75) is 25.0 Å². The standard InChI is InChI=1S/C28H24N8O3/c1-38-26-3-2-17(8-32-26)12-35-21-6-22(35)15-34(14-21)25-11-30-24(10-31-25)23-4-18(19-5-27(37)39-16-19)13-36-28(23)20(7-29)9-33-36/h2-5,8-11,13,21-22H,6,12,14-16H2,1H3. The van der Waals surface area contributed by atoms with Crippen molar-refractivity contribution in [1.82, 2.24) is 29.5 Å². The average Bonchev–Trinajstić information content (AvgIpc) is 3.62. The number of esters is 1. The number of carbonyl (C=O) groups excluding carboxylic acids is 1. The van der Waals surface area contributed by atoms with Gasteiger partial charge in [0.25, 0.3) is 0 Å². The molecule has 11 nitrogen and oxygen atoms in total. The predicted octanol–water partition coefficient (Wildman–Crippen LogP) is 2.47. The summed E-state index contributed by atoms with van der Waals surface area (Å²) in [6.45, 7) is 2.84. The molecule has 0 saturated carbocycles. The van der Waals surface area contributed by atoms with E-state index in [9.17, 15) is 10.1 Å². The first kappa shape index (κ1) is 23.3. The molecule has 8 rings (SSSR count). The van der Waals surface area contributed by atoms with Gasteiger partial charge in [-0.1, -0.05) is 6.07 Å². The van der Waals surface area contributed by atoms with E-state index >= 15 is 0 Å². The Labute approximate surface area is 223 Å². The van der Waals surface area contributed by atoms with Gasteiger partial charge in [0.1, 0.15) is 18.5 Å². The fourth-order valence-corrected chi connectivity index (χ4v) is 5.71. The summed E-state index contributed by atoms with van der Waals surface area (Å²) in [4.78, 5) is 30.3. The van der Waals surface area contributed by atoms with Crippen LogP contribution in [0.5, 0.6) is 5.88 Å². The van der Waals surface area contributed by atoms with Gasteiger partial charge in [-0.25, -0.2) is 19.3 Å². The predicted molar refractivity (Wildman–Crippen MR) is 141 cm³/mol. The van der Waals surface area contributed by atoms with Crippen LogP contribution in [-0.4, -0.2) is 74.3 Å². The van der Waals surface area contributed by atoms with E-state index in [0.29, 0.717) is 34.7 Å². The second-order valence-corrected chi connectivity index (χ2v) is 9.97. The number of hydrogen-bond acceptors (Lipinski definition) is 10. The van der Waals surface area contributed by atoms with Crippen molar-refractivity contribution in [2.75, 3.05) is 31.7 Å². The number of anilines is 1. The van der Waals surface area contributed by atoms with Gasteiger partial charge in [0.15, 0.2) is 0 Å². The van der Waals surface area contributed by atoms with Crippen LogP contribution in [0.3, 0.4) is 0 Å². The van der Waals surface area contributed by atoms with Crippen LogP contribution in [0.1, 0.15) is 23.1 Å². The Balaban J connectivity index is 1.12. The molecule has 3 saturated heterocycles. The normalized spacial score (nSPS) is 20.4. The lowest BCUT2D eigenvalue weighted by Gasteiger charge is -2.56. The van der Waals surface area contributed by atoms with Crippen molar-refractivity contribution in [1.29, 1.82) is 5.26 Å². The molecule has 4 aromatic heterocycles. The van der Waals surface area contributed by atoms with Gasteiger partial charge in [-0.3, -0.25) is 9.88 Å². The van der Waals surface area contributed by atoms with Crippen molar-refractivity contribution in [2.24, 2.45) is 0 Å². The lowest BCUT2D eigenvalue weighted by atomic mass is 9.87. The first-order chi connectivity index (χ1) is 19.1. The Kier molecular flexibility index (Phi) is 5.49. The smallest absolute Gasteiger partial charge is 0.331 e. The zero-order valence-corrected chi connectivity index (χ0v) is 21.2. The van der Waals surface area contributed by atoms with Gasteiger partial charge in [-0.2, -0.15) is 10.4 Å². The minimum atomic E-state index is -0.368. The molecule has 0 radical (unpaired) electrons. The number of rotatable bonds is 6. The molecule has 0 amide bonds.